The maximum Gasteiger partial charge on any atom is 0.231 e. The Hall–Kier alpha value is -0.680. The van der Waals surface area contributed by atoms with Crippen LogP contribution in [0.5, 0.6) is 0 Å². The van der Waals surface area contributed by atoms with E-state index in [2.05, 4.69) is 16.0 Å². The van der Waals surface area contributed by atoms with Crippen molar-refractivity contribution in [2.45, 2.75) is 12.5 Å². The molecule has 1 amide bonds. The van der Waals surface area contributed by atoms with Gasteiger partial charge in [0.05, 0.1) is 12.0 Å². The van der Waals surface area contributed by atoms with Crippen molar-refractivity contribution in [2.75, 3.05) is 13.1 Å². The molecular weight excluding hydrogens is 174 g/mol. The quantitative estimate of drug-likeness (QED) is 0.422. The van der Waals surface area contributed by atoms with Crippen molar-refractivity contribution < 1.29 is 4.79 Å². The molecule has 2 atom stereocenters. The van der Waals surface area contributed by atoms with Gasteiger partial charge in [0.2, 0.25) is 5.91 Å². The highest BCUT2D eigenvalue weighted by molar-refractivity contribution is 7.80. The van der Waals surface area contributed by atoms with Crippen LogP contribution in [0, 0.1) is 5.92 Å². The van der Waals surface area contributed by atoms with Crippen molar-refractivity contribution in [2.24, 2.45) is 5.92 Å². The third kappa shape index (κ3) is 1.30. The number of thiocarbonyl (C=S) groups is 1. The van der Waals surface area contributed by atoms with Crippen LogP contribution < -0.4 is 16.0 Å². The van der Waals surface area contributed by atoms with E-state index in [0.29, 0.717) is 5.11 Å². The van der Waals surface area contributed by atoms with Gasteiger partial charge < -0.3 is 16.0 Å². The van der Waals surface area contributed by atoms with Crippen LogP contribution in [0.3, 0.4) is 0 Å². The molecule has 0 saturated carbocycles. The molecule has 66 valence electrons. The van der Waals surface area contributed by atoms with Crippen molar-refractivity contribution >= 4 is 23.2 Å². The molecule has 2 saturated heterocycles. The minimum Gasteiger partial charge on any atom is -0.358 e. The molecule has 2 fully saturated rings. The number of nitrogens with one attached hydrogen (secondary N) is 3. The third-order valence-corrected chi connectivity index (χ3v) is 2.59. The molecule has 2 rings (SSSR count). The molecule has 0 aliphatic carbocycles. The lowest BCUT2D eigenvalue weighted by Gasteiger charge is -2.36. The summed E-state index contributed by atoms with van der Waals surface area (Å²) in [6.45, 7) is 1.75. The number of hydrogen-bond acceptors (Lipinski definition) is 3. The highest BCUT2D eigenvalue weighted by atomic mass is 32.1. The number of fused-ring (bicyclic) bond motifs is 1. The van der Waals surface area contributed by atoms with Gasteiger partial charge in [0.1, 0.15) is 0 Å². The molecule has 0 aromatic heterocycles. The molecule has 12 heavy (non-hydrogen) atoms. The fraction of sp³-hybridized carbons (Fsp3) is 0.714. The van der Waals surface area contributed by atoms with E-state index in [1.807, 2.05) is 0 Å². The molecule has 5 heteroatoms. The molecule has 4 nitrogen and oxygen atoms in total. The van der Waals surface area contributed by atoms with Crippen LogP contribution in [0.15, 0.2) is 0 Å². The summed E-state index contributed by atoms with van der Waals surface area (Å²) < 4.78 is 0. The molecule has 0 aromatic carbocycles. The zero-order chi connectivity index (χ0) is 8.55. The number of rotatable bonds is 0. The van der Waals surface area contributed by atoms with Crippen LogP contribution in [0.4, 0.5) is 0 Å². The van der Waals surface area contributed by atoms with Crippen LogP contribution in [-0.4, -0.2) is 30.2 Å². The largest absolute Gasteiger partial charge is 0.358 e. The molecule has 3 N–H and O–H groups in total. The topological polar surface area (TPSA) is 53.2 Å². The van der Waals surface area contributed by atoms with Gasteiger partial charge in [-0.1, -0.05) is 0 Å². The van der Waals surface area contributed by atoms with Crippen LogP contribution in [0.2, 0.25) is 0 Å². The number of carbonyl (C=O) groups is 1. The monoisotopic (exact) mass is 185 g/mol. The average molecular weight is 185 g/mol. The van der Waals surface area contributed by atoms with E-state index in [9.17, 15) is 4.79 Å². The summed E-state index contributed by atoms with van der Waals surface area (Å²) in [5.41, 5.74) is 0. The standard InChI is InChI=1S/C7H11N3OS/c11-6-4-1-2-8-3-5(4)9-7(12)10-6/h4-5,8H,1-3H2,(H2,9,10,11,12). The smallest absolute Gasteiger partial charge is 0.231 e. The van der Waals surface area contributed by atoms with Gasteiger partial charge in [0.15, 0.2) is 5.11 Å². The molecule has 0 radical (unpaired) electrons. The van der Waals surface area contributed by atoms with E-state index < -0.39 is 0 Å². The lowest BCUT2D eigenvalue weighted by Crippen LogP contribution is -2.63. The van der Waals surface area contributed by atoms with Gasteiger partial charge in [-0.15, -0.1) is 0 Å². The van der Waals surface area contributed by atoms with Gasteiger partial charge in [-0.05, 0) is 25.2 Å². The van der Waals surface area contributed by atoms with Crippen LogP contribution in [-0.2, 0) is 4.79 Å². The Labute approximate surface area is 76.1 Å². The Bertz CT molecular complexity index is 231. The fourth-order valence-corrected chi connectivity index (χ4v) is 1.99. The van der Waals surface area contributed by atoms with Gasteiger partial charge >= 0.3 is 0 Å². The van der Waals surface area contributed by atoms with E-state index >= 15 is 0 Å². The lowest BCUT2D eigenvalue weighted by molar-refractivity contribution is -0.125. The zero-order valence-corrected chi connectivity index (χ0v) is 7.41. The maximum atomic E-state index is 11.4. The van der Waals surface area contributed by atoms with Crippen LogP contribution >= 0.6 is 12.2 Å². The predicted molar refractivity (Wildman–Crippen MR) is 48.6 cm³/mol. The Morgan fingerprint density at radius 2 is 2.33 bits per heavy atom. The molecule has 0 aromatic rings. The zero-order valence-electron chi connectivity index (χ0n) is 6.59. The number of hydrogen-bond donors (Lipinski definition) is 3. The number of carbonyl (C=O) groups excluding carboxylic acids is 1. The molecule has 2 unspecified atom stereocenters. The minimum absolute atomic E-state index is 0.0743. The highest BCUT2D eigenvalue weighted by Gasteiger charge is 2.35. The first-order chi connectivity index (χ1) is 5.77. The first-order valence-corrected chi connectivity index (χ1v) is 4.50. The van der Waals surface area contributed by atoms with E-state index in [-0.39, 0.29) is 17.9 Å². The second-order valence-corrected chi connectivity index (χ2v) is 3.58. The highest BCUT2D eigenvalue weighted by Crippen LogP contribution is 2.15. The summed E-state index contributed by atoms with van der Waals surface area (Å²) in [5.74, 6) is 0.170. The SMILES string of the molecule is O=C1NC(=S)NC2CNCCC12. The second-order valence-electron chi connectivity index (χ2n) is 3.17. The number of piperidine rings is 1. The molecule has 0 spiro atoms. The first-order valence-electron chi connectivity index (χ1n) is 4.09. The van der Waals surface area contributed by atoms with Gasteiger partial charge in [-0.25, -0.2) is 0 Å². The van der Waals surface area contributed by atoms with Crippen molar-refractivity contribution in [3.8, 4) is 0 Å². The molecular formula is C7H11N3OS. The van der Waals surface area contributed by atoms with Crippen molar-refractivity contribution in [1.29, 1.82) is 0 Å². The molecule has 2 aliphatic rings. The third-order valence-electron chi connectivity index (χ3n) is 2.37. The Balaban J connectivity index is 2.11. The Kier molecular flexibility index (Phi) is 1.98. The summed E-state index contributed by atoms with van der Waals surface area (Å²) in [4.78, 5) is 11.4. The average Bonchev–Trinajstić information content (AvgIpc) is 2.04. The van der Waals surface area contributed by atoms with Crippen LogP contribution in [0.25, 0.3) is 0 Å². The fourth-order valence-electron chi connectivity index (χ4n) is 1.73. The summed E-state index contributed by atoms with van der Waals surface area (Å²) in [7, 11) is 0. The number of amides is 1. The summed E-state index contributed by atoms with van der Waals surface area (Å²) in [6.07, 6.45) is 0.895. The van der Waals surface area contributed by atoms with E-state index in [1.165, 1.54) is 0 Å². The minimum atomic E-state index is 0.0743. The maximum absolute atomic E-state index is 11.4. The summed E-state index contributed by atoms with van der Waals surface area (Å²) in [5, 5.41) is 9.40. The Morgan fingerprint density at radius 3 is 3.17 bits per heavy atom. The molecule has 0 bridgehead atoms. The normalized spacial score (nSPS) is 35.0. The van der Waals surface area contributed by atoms with Crippen molar-refractivity contribution in [3.05, 3.63) is 0 Å². The lowest BCUT2D eigenvalue weighted by atomic mass is 9.91. The predicted octanol–water partition coefficient (Wildman–Crippen LogP) is -1.03. The molecule has 2 heterocycles. The van der Waals surface area contributed by atoms with Crippen LogP contribution in [0.1, 0.15) is 6.42 Å². The van der Waals surface area contributed by atoms with Crippen molar-refractivity contribution in [1.82, 2.24) is 16.0 Å². The van der Waals surface area contributed by atoms with Crippen molar-refractivity contribution in [3.63, 3.8) is 0 Å². The summed E-state index contributed by atoms with van der Waals surface area (Å²) >= 11 is 4.88. The van der Waals surface area contributed by atoms with E-state index in [1.54, 1.807) is 0 Å². The van der Waals surface area contributed by atoms with E-state index in [0.717, 1.165) is 19.5 Å². The van der Waals surface area contributed by atoms with Gasteiger partial charge in [-0.2, -0.15) is 0 Å². The van der Waals surface area contributed by atoms with Gasteiger partial charge in [0.25, 0.3) is 0 Å². The first kappa shape index (κ1) is 7.94. The Morgan fingerprint density at radius 1 is 1.50 bits per heavy atom. The van der Waals surface area contributed by atoms with E-state index in [4.69, 9.17) is 12.2 Å². The second kappa shape index (κ2) is 2.99. The summed E-state index contributed by atoms with van der Waals surface area (Å²) in [6, 6.07) is 0.194. The molecule has 2 aliphatic heterocycles. The van der Waals surface area contributed by atoms with Gasteiger partial charge in [-0.3, -0.25) is 4.79 Å². The van der Waals surface area contributed by atoms with Gasteiger partial charge in [0, 0.05) is 6.54 Å².